The lowest BCUT2D eigenvalue weighted by Crippen LogP contribution is -2.11. The molecule has 19 heavy (non-hydrogen) atoms. The number of pyridine rings is 1. The van der Waals surface area contributed by atoms with Crippen LogP contribution in [0.25, 0.3) is 10.9 Å². The number of fused-ring (bicyclic) bond motifs is 1. The summed E-state index contributed by atoms with van der Waals surface area (Å²) in [6.07, 6.45) is 0.998. The highest BCUT2D eigenvalue weighted by Gasteiger charge is 2.11. The number of alkyl halides is 1. The Hall–Kier alpha value is -1.28. The quantitative estimate of drug-likeness (QED) is 0.750. The molecule has 0 aliphatic carbocycles. The van der Waals surface area contributed by atoms with E-state index in [1.54, 1.807) is 0 Å². The van der Waals surface area contributed by atoms with E-state index < -0.39 is 0 Å². The number of aromatic nitrogens is 1. The van der Waals surface area contributed by atoms with Gasteiger partial charge in [0.25, 0.3) is 0 Å². The van der Waals surface area contributed by atoms with Crippen molar-refractivity contribution in [1.82, 2.24) is 4.98 Å². The van der Waals surface area contributed by atoms with Gasteiger partial charge in [0.05, 0.1) is 12.1 Å². The van der Waals surface area contributed by atoms with Crippen LogP contribution in [0.2, 0.25) is 0 Å². The molecule has 0 radical (unpaired) electrons. The summed E-state index contributed by atoms with van der Waals surface area (Å²) < 4.78 is 5.76. The second kappa shape index (κ2) is 5.79. The first-order chi connectivity index (χ1) is 8.99. The summed E-state index contributed by atoms with van der Waals surface area (Å²) in [5, 5.41) is 1.10. The van der Waals surface area contributed by atoms with Crippen LogP contribution in [0.5, 0.6) is 5.88 Å². The first-order valence-corrected chi connectivity index (χ1v) is 7.10. The van der Waals surface area contributed by atoms with Gasteiger partial charge in [-0.25, -0.2) is 4.98 Å². The molecule has 0 fully saturated rings. The van der Waals surface area contributed by atoms with Crippen LogP contribution in [0.1, 0.15) is 32.8 Å². The van der Waals surface area contributed by atoms with Crippen LogP contribution in [0, 0.1) is 5.41 Å². The SMILES string of the molecule is CC(C)(C)CCOc1cc(CCl)c2ccccc2n1. The molecule has 0 saturated carbocycles. The lowest BCUT2D eigenvalue weighted by atomic mass is 9.93. The van der Waals surface area contributed by atoms with E-state index in [-0.39, 0.29) is 5.41 Å². The summed E-state index contributed by atoms with van der Waals surface area (Å²) in [4.78, 5) is 4.52. The standard InChI is InChI=1S/C16H20ClNO/c1-16(2,3)8-9-19-15-10-12(11-17)13-6-4-5-7-14(13)18-15/h4-7,10H,8-9,11H2,1-3H3. The Balaban J connectivity index is 2.20. The van der Waals surface area contributed by atoms with Gasteiger partial charge in [0.2, 0.25) is 5.88 Å². The lowest BCUT2D eigenvalue weighted by Gasteiger charge is -2.18. The van der Waals surface area contributed by atoms with Crippen molar-refractivity contribution in [3.8, 4) is 5.88 Å². The fraction of sp³-hybridized carbons (Fsp3) is 0.438. The van der Waals surface area contributed by atoms with Gasteiger partial charge in [0.1, 0.15) is 0 Å². The van der Waals surface area contributed by atoms with Crippen LogP contribution < -0.4 is 4.74 Å². The molecule has 0 amide bonds. The van der Waals surface area contributed by atoms with Crippen molar-refractivity contribution in [2.75, 3.05) is 6.61 Å². The Kier molecular flexibility index (Phi) is 4.31. The fourth-order valence-corrected chi connectivity index (χ4v) is 2.09. The molecular weight excluding hydrogens is 258 g/mol. The van der Waals surface area contributed by atoms with Crippen molar-refractivity contribution in [2.24, 2.45) is 5.41 Å². The largest absolute Gasteiger partial charge is 0.478 e. The van der Waals surface area contributed by atoms with Gasteiger partial charge in [-0.15, -0.1) is 11.6 Å². The van der Waals surface area contributed by atoms with Crippen LogP contribution in [0.3, 0.4) is 0 Å². The van der Waals surface area contributed by atoms with Crippen molar-refractivity contribution >= 4 is 22.5 Å². The highest BCUT2D eigenvalue weighted by molar-refractivity contribution is 6.18. The molecule has 2 nitrogen and oxygen atoms in total. The summed E-state index contributed by atoms with van der Waals surface area (Å²) in [7, 11) is 0. The molecule has 0 aliphatic heterocycles. The minimum absolute atomic E-state index is 0.270. The average molecular weight is 278 g/mol. The average Bonchev–Trinajstić information content (AvgIpc) is 2.36. The summed E-state index contributed by atoms with van der Waals surface area (Å²) >= 11 is 6.00. The van der Waals surface area contributed by atoms with E-state index in [0.717, 1.165) is 22.9 Å². The predicted molar refractivity (Wildman–Crippen MR) is 80.9 cm³/mol. The zero-order valence-corrected chi connectivity index (χ0v) is 12.5. The number of nitrogens with zero attached hydrogens (tertiary/aromatic N) is 1. The Labute approximate surface area is 119 Å². The minimum Gasteiger partial charge on any atom is -0.478 e. The number of hydrogen-bond acceptors (Lipinski definition) is 2. The van der Waals surface area contributed by atoms with Gasteiger partial charge < -0.3 is 4.74 Å². The number of ether oxygens (including phenoxy) is 1. The third kappa shape index (κ3) is 3.84. The summed E-state index contributed by atoms with van der Waals surface area (Å²) in [6, 6.07) is 9.95. The van der Waals surface area contributed by atoms with E-state index in [9.17, 15) is 0 Å². The minimum atomic E-state index is 0.270. The van der Waals surface area contributed by atoms with Gasteiger partial charge in [0, 0.05) is 17.3 Å². The Morgan fingerprint density at radius 3 is 2.63 bits per heavy atom. The number of halogens is 1. The molecule has 0 bridgehead atoms. The van der Waals surface area contributed by atoms with E-state index in [2.05, 4.69) is 25.8 Å². The second-order valence-electron chi connectivity index (χ2n) is 5.93. The monoisotopic (exact) mass is 277 g/mol. The third-order valence-electron chi connectivity index (χ3n) is 3.02. The van der Waals surface area contributed by atoms with Gasteiger partial charge in [-0.1, -0.05) is 39.0 Å². The van der Waals surface area contributed by atoms with E-state index >= 15 is 0 Å². The molecule has 0 unspecified atom stereocenters. The van der Waals surface area contributed by atoms with E-state index in [1.807, 2.05) is 30.3 Å². The Morgan fingerprint density at radius 2 is 1.95 bits per heavy atom. The number of benzene rings is 1. The highest BCUT2D eigenvalue weighted by Crippen LogP contribution is 2.24. The molecule has 3 heteroatoms. The first kappa shape index (κ1) is 14.1. The molecule has 2 rings (SSSR count). The van der Waals surface area contributed by atoms with Crippen molar-refractivity contribution in [3.05, 3.63) is 35.9 Å². The maximum Gasteiger partial charge on any atom is 0.214 e. The van der Waals surface area contributed by atoms with Crippen LogP contribution in [-0.2, 0) is 5.88 Å². The van der Waals surface area contributed by atoms with Gasteiger partial charge in [-0.05, 0) is 23.5 Å². The first-order valence-electron chi connectivity index (χ1n) is 6.57. The molecule has 2 aromatic rings. The third-order valence-corrected chi connectivity index (χ3v) is 3.31. The van der Waals surface area contributed by atoms with Crippen LogP contribution in [-0.4, -0.2) is 11.6 Å². The topological polar surface area (TPSA) is 22.1 Å². The smallest absolute Gasteiger partial charge is 0.214 e. The lowest BCUT2D eigenvalue weighted by molar-refractivity contribution is 0.237. The number of para-hydroxylation sites is 1. The Morgan fingerprint density at radius 1 is 1.21 bits per heavy atom. The molecule has 1 aromatic carbocycles. The van der Waals surface area contributed by atoms with Crippen LogP contribution in [0.15, 0.2) is 30.3 Å². The maximum absolute atomic E-state index is 6.00. The molecule has 0 atom stereocenters. The second-order valence-corrected chi connectivity index (χ2v) is 6.20. The summed E-state index contributed by atoms with van der Waals surface area (Å²) in [6.45, 7) is 7.29. The zero-order valence-electron chi connectivity index (χ0n) is 11.7. The van der Waals surface area contributed by atoms with Gasteiger partial charge in [-0.2, -0.15) is 0 Å². The molecule has 0 aliphatic rings. The van der Waals surface area contributed by atoms with Crippen LogP contribution >= 0.6 is 11.6 Å². The number of hydrogen-bond donors (Lipinski definition) is 0. The summed E-state index contributed by atoms with van der Waals surface area (Å²) in [5.74, 6) is 1.14. The Bertz CT molecular complexity index is 560. The van der Waals surface area contributed by atoms with Crippen LogP contribution in [0.4, 0.5) is 0 Å². The number of rotatable bonds is 4. The van der Waals surface area contributed by atoms with E-state index in [1.165, 1.54) is 0 Å². The van der Waals surface area contributed by atoms with E-state index in [0.29, 0.717) is 18.4 Å². The molecular formula is C16H20ClNO. The fourth-order valence-electron chi connectivity index (χ4n) is 1.87. The van der Waals surface area contributed by atoms with Crippen molar-refractivity contribution in [1.29, 1.82) is 0 Å². The normalized spacial score (nSPS) is 11.8. The predicted octanol–water partition coefficient (Wildman–Crippen LogP) is 4.79. The molecule has 1 heterocycles. The van der Waals surface area contributed by atoms with Gasteiger partial charge >= 0.3 is 0 Å². The maximum atomic E-state index is 6.00. The summed E-state index contributed by atoms with van der Waals surface area (Å²) in [5.41, 5.74) is 2.27. The molecule has 0 saturated heterocycles. The molecule has 0 spiro atoms. The van der Waals surface area contributed by atoms with Crippen molar-refractivity contribution in [3.63, 3.8) is 0 Å². The van der Waals surface area contributed by atoms with Gasteiger partial charge in [-0.3, -0.25) is 0 Å². The van der Waals surface area contributed by atoms with Crippen molar-refractivity contribution < 1.29 is 4.74 Å². The van der Waals surface area contributed by atoms with Gasteiger partial charge in [0.15, 0.2) is 0 Å². The molecule has 0 N–H and O–H groups in total. The molecule has 102 valence electrons. The van der Waals surface area contributed by atoms with Crippen molar-refractivity contribution in [2.45, 2.75) is 33.1 Å². The zero-order chi connectivity index (χ0) is 13.9. The highest BCUT2D eigenvalue weighted by atomic mass is 35.5. The van der Waals surface area contributed by atoms with E-state index in [4.69, 9.17) is 16.3 Å². The molecule has 1 aromatic heterocycles.